The number of carbonyl (C=O) groups excluding carboxylic acids is 12. The summed E-state index contributed by atoms with van der Waals surface area (Å²) in [5.41, 5.74) is 0. The Kier molecular flexibility index (Phi) is 34.1. The third-order valence-corrected chi connectivity index (χ3v) is 16.5. The minimum atomic E-state index is -1.65. The van der Waals surface area contributed by atoms with Gasteiger partial charge in [0.1, 0.15) is 66.5 Å². The lowest BCUT2D eigenvalue weighted by molar-refractivity contribution is -0.163. The van der Waals surface area contributed by atoms with E-state index >= 15 is 19.2 Å². The Morgan fingerprint density at radius 1 is 0.522 bits per heavy atom. The van der Waals surface area contributed by atoms with E-state index < -0.39 is 156 Å². The number of amides is 11. The number of ether oxygens (including phenoxy) is 1. The van der Waals surface area contributed by atoms with Crippen LogP contribution < -0.4 is 21.3 Å². The van der Waals surface area contributed by atoms with E-state index in [2.05, 4.69) is 27.3 Å². The van der Waals surface area contributed by atoms with Gasteiger partial charge >= 0.3 is 5.97 Å². The number of rotatable bonds is 18. The van der Waals surface area contributed by atoms with Gasteiger partial charge in [0.05, 0.1) is 12.6 Å². The first-order valence-corrected chi connectivity index (χ1v) is 32.0. The minimum Gasteiger partial charge on any atom is -0.459 e. The zero-order chi connectivity index (χ0) is 69.5. The number of likely N-dealkylation sites (N-methyl/N-ethyl adjacent to an activating group) is 7. The van der Waals surface area contributed by atoms with Gasteiger partial charge in [0.25, 0.3) is 0 Å². The Balaban J connectivity index is 4.42. The predicted molar refractivity (Wildman–Crippen MR) is 343 cm³/mol. The molecule has 11 amide bonds. The van der Waals surface area contributed by atoms with Gasteiger partial charge in [-0.25, -0.2) is 0 Å². The monoisotopic (exact) mass is 1270 g/mol. The van der Waals surface area contributed by atoms with Crippen LogP contribution in [0.25, 0.3) is 0 Å². The van der Waals surface area contributed by atoms with Gasteiger partial charge in [-0.05, 0) is 101 Å². The van der Waals surface area contributed by atoms with Gasteiger partial charge in [-0.2, -0.15) is 5.26 Å². The molecule has 0 spiro atoms. The molecule has 0 aliphatic carbocycles. The molecule has 0 saturated carbocycles. The molecule has 2 unspecified atom stereocenters. The van der Waals surface area contributed by atoms with Crippen LogP contribution in [0.1, 0.15) is 169 Å². The SMILES string of the molecule is CC[C@@H]1NC(=O)C([C@H](OC(C)=O)[C@H](C)C/C=C/CCC#N)N(C)C(=O)[C@H](CC)N(C)C(=O)[C@H](CC(C)C)N(C)C(=O)[C@@H](CC(C)C)N(C)C(=O)C(C)NC(=O)[C@@H](C)NC(=O)[C@@H](CC(C)C)N(C)C(=O)[C@@H](C(C)C)NC(=O)[C@H](CC(C)C)N(C)C(=O)CN(C)C1=O. The number of unbranched alkanes of at least 4 members (excludes halogenated alkanes) is 1. The standard InChI is InChI=1S/C65H112N12O13/c1-24-46-61(85)71(17)36-52(79)72(18)48(32-37(3)4)58(82)70-53(41(11)12)65(89)74(20)49(33-38(5)6)57(81)67-43(14)56(80)68-44(15)60(84)75(21)50(34-39(7)8)64(88)76(22)51(35-40(9)10)63(87)73(19)47(25-2)62(86)77(23)54(59(83)69-46)55(90-45(16)78)42(13)30-28-26-27-29-31-66/h26,28,37-44,46-51,53-55H,24-25,27,29-30,32-36H2,1-23H3,(H,67,81)(H,68,80)(H,69,83)(H,70,82)/b28-26+/t42-,43-,44?,46+,47+,48+,49-,50-,51+,53-,54?,55-/m1/s1. The summed E-state index contributed by atoms with van der Waals surface area (Å²) in [7, 11) is 9.78. The van der Waals surface area contributed by atoms with E-state index in [1.165, 1.54) is 87.7 Å². The second-order valence-corrected chi connectivity index (χ2v) is 26.5. The van der Waals surface area contributed by atoms with Gasteiger partial charge < -0.3 is 60.3 Å². The van der Waals surface area contributed by atoms with Gasteiger partial charge in [-0.3, -0.25) is 57.5 Å². The van der Waals surface area contributed by atoms with Crippen molar-refractivity contribution in [2.75, 3.05) is 55.9 Å². The van der Waals surface area contributed by atoms with Gasteiger partial charge in [0, 0.05) is 62.7 Å². The first-order chi connectivity index (χ1) is 41.7. The lowest BCUT2D eigenvalue weighted by atomic mass is 9.91. The van der Waals surface area contributed by atoms with Crippen molar-refractivity contribution in [2.45, 2.75) is 235 Å². The van der Waals surface area contributed by atoms with Crippen molar-refractivity contribution in [3.8, 4) is 6.07 Å². The second kappa shape index (κ2) is 37.9. The number of hydrogen-bond acceptors (Lipinski definition) is 14. The van der Waals surface area contributed by atoms with E-state index in [9.17, 15) is 38.4 Å². The number of nitrogens with one attached hydrogen (secondary N) is 4. The van der Waals surface area contributed by atoms with E-state index in [0.29, 0.717) is 6.42 Å². The summed E-state index contributed by atoms with van der Waals surface area (Å²) in [5.74, 6) is -10.4. The van der Waals surface area contributed by atoms with Crippen LogP contribution in [0.4, 0.5) is 0 Å². The fraction of sp³-hybridized carbons (Fsp3) is 0.769. The lowest BCUT2D eigenvalue weighted by Gasteiger charge is -2.41. The molecule has 1 rings (SSSR count). The number of nitrogens with zero attached hydrogens (tertiary/aromatic N) is 8. The molecule has 1 fully saturated rings. The maximum atomic E-state index is 15.3. The molecule has 25 nitrogen and oxygen atoms in total. The lowest BCUT2D eigenvalue weighted by Crippen LogP contribution is -2.63. The number of nitriles is 1. The molecule has 1 aliphatic rings. The number of esters is 1. The molecule has 0 aromatic carbocycles. The predicted octanol–water partition coefficient (Wildman–Crippen LogP) is 3.88. The van der Waals surface area contributed by atoms with Crippen molar-refractivity contribution in [3.63, 3.8) is 0 Å². The maximum absolute atomic E-state index is 15.3. The molecular weight excluding hydrogens is 1160 g/mol. The molecule has 25 heteroatoms. The fourth-order valence-corrected chi connectivity index (χ4v) is 11.0. The summed E-state index contributed by atoms with van der Waals surface area (Å²) in [4.78, 5) is 183. The van der Waals surface area contributed by atoms with Crippen LogP contribution in [0, 0.1) is 46.8 Å². The van der Waals surface area contributed by atoms with E-state index in [1.807, 2.05) is 55.4 Å². The average Bonchev–Trinajstić information content (AvgIpc) is 0.862. The first kappa shape index (κ1) is 80.9. The maximum Gasteiger partial charge on any atom is 0.303 e. The van der Waals surface area contributed by atoms with Crippen LogP contribution >= 0.6 is 0 Å². The molecule has 0 bridgehead atoms. The van der Waals surface area contributed by atoms with Crippen molar-refractivity contribution in [3.05, 3.63) is 12.2 Å². The minimum absolute atomic E-state index is 0.00458. The van der Waals surface area contributed by atoms with Gasteiger partial charge in [0.2, 0.25) is 65.0 Å². The fourth-order valence-electron chi connectivity index (χ4n) is 11.0. The Morgan fingerprint density at radius 2 is 0.956 bits per heavy atom. The second-order valence-electron chi connectivity index (χ2n) is 26.5. The average molecular weight is 1270 g/mol. The Morgan fingerprint density at radius 3 is 1.41 bits per heavy atom. The smallest absolute Gasteiger partial charge is 0.303 e. The highest BCUT2D eigenvalue weighted by atomic mass is 16.5. The van der Waals surface area contributed by atoms with E-state index in [1.54, 1.807) is 46.8 Å². The van der Waals surface area contributed by atoms with E-state index in [4.69, 9.17) is 10.00 Å². The largest absolute Gasteiger partial charge is 0.459 e. The zero-order valence-corrected chi connectivity index (χ0v) is 58.4. The van der Waals surface area contributed by atoms with Crippen molar-refractivity contribution in [1.82, 2.24) is 55.6 Å². The summed E-state index contributed by atoms with van der Waals surface area (Å²) in [6.07, 6.45) is 3.54. The molecule has 0 aromatic rings. The third-order valence-electron chi connectivity index (χ3n) is 16.5. The van der Waals surface area contributed by atoms with Crippen LogP contribution in [-0.2, 0) is 62.3 Å². The quantitative estimate of drug-likeness (QED) is 0.0861. The van der Waals surface area contributed by atoms with Crippen molar-refractivity contribution >= 4 is 70.9 Å². The normalized spacial score (nSPS) is 25.8. The van der Waals surface area contributed by atoms with Crippen LogP contribution in [0.15, 0.2) is 12.2 Å². The zero-order valence-electron chi connectivity index (χ0n) is 58.4. The Labute approximate surface area is 536 Å². The summed E-state index contributed by atoms with van der Waals surface area (Å²) in [6.45, 7) is 26.7. The van der Waals surface area contributed by atoms with Gasteiger partial charge in [-0.15, -0.1) is 0 Å². The molecule has 1 aliphatic heterocycles. The van der Waals surface area contributed by atoms with Crippen LogP contribution in [0.3, 0.4) is 0 Å². The van der Waals surface area contributed by atoms with Crippen LogP contribution in [0.2, 0.25) is 0 Å². The highest BCUT2D eigenvalue weighted by Crippen LogP contribution is 2.26. The molecule has 0 radical (unpaired) electrons. The first-order valence-electron chi connectivity index (χ1n) is 32.0. The summed E-state index contributed by atoms with van der Waals surface area (Å²) >= 11 is 0. The molecule has 1 heterocycles. The Bertz CT molecular complexity index is 2550. The highest BCUT2D eigenvalue weighted by Gasteiger charge is 2.46. The Hall–Kier alpha value is -7.13. The number of carbonyl (C=O) groups is 12. The van der Waals surface area contributed by atoms with Crippen molar-refractivity contribution in [1.29, 1.82) is 5.26 Å². The molecule has 510 valence electrons. The highest BCUT2D eigenvalue weighted by molar-refractivity contribution is 5.99. The number of allylic oxidation sites excluding steroid dienone is 2. The van der Waals surface area contributed by atoms with Crippen LogP contribution in [0.5, 0.6) is 0 Å². The molecule has 0 aromatic heterocycles. The molecular formula is C65H112N12O13. The molecule has 1 saturated heterocycles. The van der Waals surface area contributed by atoms with Crippen molar-refractivity contribution in [2.24, 2.45) is 35.5 Å². The van der Waals surface area contributed by atoms with Crippen molar-refractivity contribution < 1.29 is 62.3 Å². The van der Waals surface area contributed by atoms with Crippen LogP contribution in [-0.4, -0.2) is 228 Å². The van der Waals surface area contributed by atoms with E-state index in [-0.39, 0.29) is 75.0 Å². The van der Waals surface area contributed by atoms with E-state index in [0.717, 1.165) is 16.7 Å². The van der Waals surface area contributed by atoms with Gasteiger partial charge in [-0.1, -0.05) is 102 Å². The third kappa shape index (κ3) is 23.6. The molecule has 90 heavy (non-hydrogen) atoms. The summed E-state index contributed by atoms with van der Waals surface area (Å²) in [6, 6.07) is -10.6. The molecule has 12 atom stereocenters. The summed E-state index contributed by atoms with van der Waals surface area (Å²) < 4.78 is 5.93. The van der Waals surface area contributed by atoms with Gasteiger partial charge in [0.15, 0.2) is 0 Å². The number of hydrogen-bond donors (Lipinski definition) is 4. The molecule has 4 N–H and O–H groups in total. The topological polar surface area (TPSA) is 309 Å². The summed E-state index contributed by atoms with van der Waals surface area (Å²) in [5, 5.41) is 20.1.